The Morgan fingerprint density at radius 2 is 2.19 bits per heavy atom. The van der Waals surface area contributed by atoms with Gasteiger partial charge < -0.3 is 20.7 Å². The van der Waals surface area contributed by atoms with Crippen molar-refractivity contribution >= 4 is 11.9 Å². The van der Waals surface area contributed by atoms with Gasteiger partial charge >= 0.3 is 6.03 Å². The lowest BCUT2D eigenvalue weighted by atomic mass is 10.1. The summed E-state index contributed by atoms with van der Waals surface area (Å²) in [6.45, 7) is 4.70. The minimum Gasteiger partial charge on any atom is -0.376 e. The third kappa shape index (κ3) is 6.45. The molecule has 3 N–H and O–H groups in total. The van der Waals surface area contributed by atoms with Crippen LogP contribution in [0.2, 0.25) is 0 Å². The monoisotopic (exact) mass is 296 g/mol. The second-order valence-corrected chi connectivity index (χ2v) is 5.19. The smallest absolute Gasteiger partial charge is 0.315 e. The van der Waals surface area contributed by atoms with Crippen LogP contribution in [0.1, 0.15) is 39.5 Å². The van der Waals surface area contributed by atoms with E-state index in [0.717, 1.165) is 19.4 Å². The molecule has 3 amide bonds. The highest BCUT2D eigenvalue weighted by molar-refractivity contribution is 5.86. The zero-order valence-electron chi connectivity index (χ0n) is 12.6. The van der Waals surface area contributed by atoms with Gasteiger partial charge in [0.05, 0.1) is 18.6 Å². The molecule has 1 aliphatic rings. The number of ether oxygens (including phenoxy) is 1. The van der Waals surface area contributed by atoms with Crippen molar-refractivity contribution < 1.29 is 14.3 Å². The first-order chi connectivity index (χ1) is 10.1. The van der Waals surface area contributed by atoms with Crippen molar-refractivity contribution in [2.75, 3.05) is 13.2 Å². The van der Waals surface area contributed by atoms with Crippen LogP contribution in [-0.4, -0.2) is 43.3 Å². The molecule has 1 aliphatic heterocycles. The number of nitrogens with zero attached hydrogens (tertiary/aromatic N) is 1. The zero-order chi connectivity index (χ0) is 15.7. The van der Waals surface area contributed by atoms with Gasteiger partial charge in [0.1, 0.15) is 6.04 Å². The van der Waals surface area contributed by atoms with Crippen LogP contribution >= 0.6 is 0 Å². The first kappa shape index (κ1) is 17.2. The highest BCUT2D eigenvalue weighted by atomic mass is 16.5. The van der Waals surface area contributed by atoms with Gasteiger partial charge in [0, 0.05) is 19.2 Å². The van der Waals surface area contributed by atoms with Gasteiger partial charge in [-0.3, -0.25) is 4.79 Å². The van der Waals surface area contributed by atoms with Gasteiger partial charge in [-0.1, -0.05) is 6.92 Å². The molecule has 1 heterocycles. The van der Waals surface area contributed by atoms with Crippen molar-refractivity contribution in [3.63, 3.8) is 0 Å². The predicted molar refractivity (Wildman–Crippen MR) is 77.4 cm³/mol. The summed E-state index contributed by atoms with van der Waals surface area (Å²) in [7, 11) is 0. The van der Waals surface area contributed by atoms with E-state index in [0.29, 0.717) is 13.0 Å². The van der Waals surface area contributed by atoms with Crippen molar-refractivity contribution in [3.8, 4) is 6.07 Å². The topological polar surface area (TPSA) is 103 Å². The summed E-state index contributed by atoms with van der Waals surface area (Å²) in [5.41, 5.74) is 0. The molecule has 3 atom stereocenters. The van der Waals surface area contributed by atoms with E-state index in [4.69, 9.17) is 10.00 Å². The summed E-state index contributed by atoms with van der Waals surface area (Å²) in [5, 5.41) is 16.7. The van der Waals surface area contributed by atoms with E-state index < -0.39 is 6.04 Å². The molecule has 0 spiro atoms. The molecule has 1 rings (SSSR count). The third-order valence-corrected chi connectivity index (χ3v) is 3.43. The fourth-order valence-electron chi connectivity index (χ4n) is 2.06. The van der Waals surface area contributed by atoms with Gasteiger partial charge in [-0.05, 0) is 26.2 Å². The number of urea groups is 1. The van der Waals surface area contributed by atoms with Crippen LogP contribution in [0, 0.1) is 11.3 Å². The lowest BCUT2D eigenvalue weighted by molar-refractivity contribution is -0.123. The van der Waals surface area contributed by atoms with Gasteiger partial charge in [0.2, 0.25) is 5.91 Å². The maximum Gasteiger partial charge on any atom is 0.315 e. The Morgan fingerprint density at radius 1 is 1.43 bits per heavy atom. The standard InChI is InChI=1S/C14H24N4O3/c1-3-11(6-7-15)18-13(19)10(2)17-14(20)16-9-12-5-4-8-21-12/h10-12H,3-6,8-9H2,1-2H3,(H,18,19)(H2,16,17,20)/t10-,11-,12+/m0/s1. The van der Waals surface area contributed by atoms with Crippen LogP contribution in [0.5, 0.6) is 0 Å². The van der Waals surface area contributed by atoms with Crippen LogP contribution in [0.25, 0.3) is 0 Å². The molecule has 7 heteroatoms. The average Bonchev–Trinajstić information content (AvgIpc) is 2.97. The number of rotatable bonds is 7. The van der Waals surface area contributed by atoms with Crippen LogP contribution in [-0.2, 0) is 9.53 Å². The Labute approximate surface area is 125 Å². The second-order valence-electron chi connectivity index (χ2n) is 5.19. The third-order valence-electron chi connectivity index (χ3n) is 3.43. The maximum atomic E-state index is 11.9. The molecule has 1 saturated heterocycles. The van der Waals surface area contributed by atoms with Gasteiger partial charge in [-0.25, -0.2) is 4.79 Å². The van der Waals surface area contributed by atoms with E-state index in [2.05, 4.69) is 16.0 Å². The van der Waals surface area contributed by atoms with E-state index in [9.17, 15) is 9.59 Å². The molecule has 0 saturated carbocycles. The molecule has 0 aliphatic carbocycles. The van der Waals surface area contributed by atoms with Gasteiger partial charge in [0.15, 0.2) is 0 Å². The minimum absolute atomic E-state index is 0.0694. The molecule has 1 fully saturated rings. The summed E-state index contributed by atoms with van der Waals surface area (Å²) in [6.07, 6.45) is 2.98. The summed E-state index contributed by atoms with van der Waals surface area (Å²) < 4.78 is 5.40. The SMILES string of the molecule is CC[C@@H](CC#N)NC(=O)[C@H](C)NC(=O)NC[C@H]1CCCO1. The Kier molecular flexibility index (Phi) is 7.54. The van der Waals surface area contributed by atoms with Gasteiger partial charge in [0.25, 0.3) is 0 Å². The largest absolute Gasteiger partial charge is 0.376 e. The number of carbonyl (C=O) groups is 2. The minimum atomic E-state index is -0.651. The normalized spacial score (nSPS) is 20.1. The van der Waals surface area contributed by atoms with Crippen LogP contribution in [0.3, 0.4) is 0 Å². The fourth-order valence-corrected chi connectivity index (χ4v) is 2.06. The molecule has 0 aromatic carbocycles. The van der Waals surface area contributed by atoms with Gasteiger partial charge in [-0.15, -0.1) is 0 Å². The Bertz CT molecular complexity index is 388. The lowest BCUT2D eigenvalue weighted by Gasteiger charge is -2.19. The number of nitriles is 1. The maximum absolute atomic E-state index is 11.9. The quantitative estimate of drug-likeness (QED) is 0.642. The molecular weight excluding hydrogens is 272 g/mol. The summed E-state index contributed by atoms with van der Waals surface area (Å²) >= 11 is 0. The van der Waals surface area contributed by atoms with Crippen molar-refractivity contribution in [1.29, 1.82) is 5.26 Å². The van der Waals surface area contributed by atoms with Gasteiger partial charge in [-0.2, -0.15) is 5.26 Å². The molecule has 0 aromatic heterocycles. The lowest BCUT2D eigenvalue weighted by Crippen LogP contribution is -2.51. The van der Waals surface area contributed by atoms with E-state index in [1.807, 2.05) is 13.0 Å². The molecular formula is C14H24N4O3. The van der Waals surface area contributed by atoms with E-state index in [1.165, 1.54) is 0 Å². The Hall–Kier alpha value is -1.81. The molecule has 0 aromatic rings. The van der Waals surface area contributed by atoms with Crippen LogP contribution < -0.4 is 16.0 Å². The Morgan fingerprint density at radius 3 is 2.76 bits per heavy atom. The first-order valence-electron chi connectivity index (χ1n) is 7.40. The number of hydrogen-bond donors (Lipinski definition) is 3. The fraction of sp³-hybridized carbons (Fsp3) is 0.786. The van der Waals surface area contributed by atoms with Crippen LogP contribution in [0.15, 0.2) is 0 Å². The molecule has 0 bridgehead atoms. The second kappa shape index (κ2) is 9.19. The van der Waals surface area contributed by atoms with Crippen LogP contribution in [0.4, 0.5) is 4.79 Å². The van der Waals surface area contributed by atoms with E-state index >= 15 is 0 Å². The average molecular weight is 296 g/mol. The number of carbonyl (C=O) groups excluding carboxylic acids is 2. The van der Waals surface area contributed by atoms with Crippen molar-refractivity contribution in [2.24, 2.45) is 0 Å². The Balaban J connectivity index is 2.26. The van der Waals surface area contributed by atoms with Crippen molar-refractivity contribution in [2.45, 2.75) is 57.7 Å². The van der Waals surface area contributed by atoms with Crippen molar-refractivity contribution in [3.05, 3.63) is 0 Å². The molecule has 0 unspecified atom stereocenters. The number of nitrogens with one attached hydrogen (secondary N) is 3. The predicted octanol–water partition coefficient (Wildman–Crippen LogP) is 0.662. The van der Waals surface area contributed by atoms with E-state index in [1.54, 1.807) is 6.92 Å². The van der Waals surface area contributed by atoms with Crippen molar-refractivity contribution in [1.82, 2.24) is 16.0 Å². The summed E-state index contributed by atoms with van der Waals surface area (Å²) in [6, 6.07) is 0.810. The molecule has 0 radical (unpaired) electrons. The molecule has 21 heavy (non-hydrogen) atoms. The highest BCUT2D eigenvalue weighted by Crippen LogP contribution is 2.10. The summed E-state index contributed by atoms with van der Waals surface area (Å²) in [5.74, 6) is -0.288. The molecule has 7 nitrogen and oxygen atoms in total. The zero-order valence-corrected chi connectivity index (χ0v) is 12.6. The summed E-state index contributed by atoms with van der Waals surface area (Å²) in [4.78, 5) is 23.6. The number of hydrogen-bond acceptors (Lipinski definition) is 4. The number of amides is 3. The highest BCUT2D eigenvalue weighted by Gasteiger charge is 2.20. The molecule has 118 valence electrons. The first-order valence-corrected chi connectivity index (χ1v) is 7.40. The van der Waals surface area contributed by atoms with E-state index in [-0.39, 0.29) is 30.5 Å².